The molecule has 0 fully saturated rings. The third-order valence-corrected chi connectivity index (χ3v) is 3.69. The number of nitrogens with zero attached hydrogens (tertiary/aromatic N) is 2. The largest absolute Gasteiger partial charge is 0.326 e. The number of fused-ring (bicyclic) bond motifs is 1. The first-order valence-corrected chi connectivity index (χ1v) is 7.51. The maximum Gasteiger partial charge on any atom is 0.226 e. The third kappa shape index (κ3) is 3.57. The quantitative estimate of drug-likeness (QED) is 0.801. The fourth-order valence-electron chi connectivity index (χ4n) is 2.30. The smallest absolute Gasteiger partial charge is 0.226 e. The SMILES string of the molecule is O=C(CCn1ncc(=O)c2ccccc21)Nc1ccc(Cl)cc1. The van der Waals surface area contributed by atoms with Gasteiger partial charge < -0.3 is 5.32 Å². The highest BCUT2D eigenvalue weighted by Crippen LogP contribution is 2.14. The molecule has 6 heteroatoms. The molecule has 1 heterocycles. The molecule has 3 aromatic rings. The highest BCUT2D eigenvalue weighted by molar-refractivity contribution is 6.30. The van der Waals surface area contributed by atoms with Crippen LogP contribution in [0.3, 0.4) is 0 Å². The summed E-state index contributed by atoms with van der Waals surface area (Å²) in [5.41, 5.74) is 1.29. The van der Waals surface area contributed by atoms with Gasteiger partial charge in [0, 0.05) is 22.5 Å². The summed E-state index contributed by atoms with van der Waals surface area (Å²) in [6.07, 6.45) is 1.53. The molecule has 23 heavy (non-hydrogen) atoms. The summed E-state index contributed by atoms with van der Waals surface area (Å²) in [5, 5.41) is 8.12. The standard InChI is InChI=1S/C17H14ClN3O2/c18-12-5-7-13(8-6-12)20-17(23)9-10-21-15-4-2-1-3-14(15)16(22)11-19-21/h1-8,11H,9-10H2,(H,20,23). The third-order valence-electron chi connectivity index (χ3n) is 3.44. The molecule has 1 amide bonds. The number of aromatic nitrogens is 2. The van der Waals surface area contributed by atoms with Crippen LogP contribution in [0.15, 0.2) is 59.5 Å². The van der Waals surface area contributed by atoms with E-state index in [9.17, 15) is 9.59 Å². The molecule has 5 nitrogen and oxygen atoms in total. The monoisotopic (exact) mass is 327 g/mol. The number of hydrogen-bond donors (Lipinski definition) is 1. The fourth-order valence-corrected chi connectivity index (χ4v) is 2.43. The molecule has 0 saturated heterocycles. The number of aryl methyl sites for hydroxylation is 1. The van der Waals surface area contributed by atoms with Crippen LogP contribution < -0.4 is 10.7 Å². The molecule has 0 bridgehead atoms. The normalized spacial score (nSPS) is 10.7. The van der Waals surface area contributed by atoms with E-state index >= 15 is 0 Å². The zero-order chi connectivity index (χ0) is 16.2. The van der Waals surface area contributed by atoms with Crippen molar-refractivity contribution in [3.63, 3.8) is 0 Å². The summed E-state index contributed by atoms with van der Waals surface area (Å²) in [5.74, 6) is -0.128. The molecule has 2 aromatic carbocycles. The lowest BCUT2D eigenvalue weighted by molar-refractivity contribution is -0.116. The van der Waals surface area contributed by atoms with E-state index in [1.165, 1.54) is 6.20 Å². The second-order valence-corrected chi connectivity index (χ2v) is 5.49. The van der Waals surface area contributed by atoms with Gasteiger partial charge in [0.15, 0.2) is 0 Å². The molecule has 0 atom stereocenters. The molecule has 1 aromatic heterocycles. The van der Waals surface area contributed by atoms with Crippen molar-refractivity contribution in [2.24, 2.45) is 0 Å². The fraction of sp³-hybridized carbons (Fsp3) is 0.118. The molecule has 0 saturated carbocycles. The number of para-hydroxylation sites is 1. The van der Waals surface area contributed by atoms with Crippen LogP contribution in [0.4, 0.5) is 5.69 Å². The first kappa shape index (κ1) is 15.2. The van der Waals surface area contributed by atoms with E-state index in [0.29, 0.717) is 22.6 Å². The van der Waals surface area contributed by atoms with Gasteiger partial charge in [-0.05, 0) is 36.4 Å². The molecular weight excluding hydrogens is 314 g/mol. The summed E-state index contributed by atoms with van der Waals surface area (Å²) in [6.45, 7) is 0.389. The van der Waals surface area contributed by atoms with Gasteiger partial charge in [0.1, 0.15) is 0 Å². The molecule has 0 aliphatic carbocycles. The highest BCUT2D eigenvalue weighted by atomic mass is 35.5. The van der Waals surface area contributed by atoms with Gasteiger partial charge in [-0.2, -0.15) is 5.10 Å². The molecule has 0 aliphatic rings. The number of nitrogens with one attached hydrogen (secondary N) is 1. The van der Waals surface area contributed by atoms with Crippen LogP contribution in [0.1, 0.15) is 6.42 Å². The summed E-state index contributed by atoms with van der Waals surface area (Å²) < 4.78 is 1.66. The van der Waals surface area contributed by atoms with E-state index in [-0.39, 0.29) is 17.8 Å². The first-order valence-electron chi connectivity index (χ1n) is 7.14. The maximum atomic E-state index is 12.0. The average Bonchev–Trinajstić information content (AvgIpc) is 2.57. The topological polar surface area (TPSA) is 64.0 Å². The Balaban J connectivity index is 1.71. The zero-order valence-corrected chi connectivity index (χ0v) is 13.0. The Kier molecular flexibility index (Phi) is 4.39. The van der Waals surface area contributed by atoms with E-state index in [1.807, 2.05) is 12.1 Å². The second kappa shape index (κ2) is 6.62. The zero-order valence-electron chi connectivity index (χ0n) is 12.2. The van der Waals surface area contributed by atoms with E-state index in [0.717, 1.165) is 5.52 Å². The van der Waals surface area contributed by atoms with Crippen LogP contribution in [0, 0.1) is 0 Å². The number of amides is 1. The lowest BCUT2D eigenvalue weighted by atomic mass is 10.2. The number of rotatable bonds is 4. The molecule has 0 aliphatic heterocycles. The van der Waals surface area contributed by atoms with E-state index in [1.54, 1.807) is 41.1 Å². The van der Waals surface area contributed by atoms with E-state index in [4.69, 9.17) is 11.6 Å². The molecule has 0 spiro atoms. The molecule has 1 N–H and O–H groups in total. The molecule has 116 valence electrons. The van der Waals surface area contributed by atoms with Gasteiger partial charge in [-0.3, -0.25) is 14.3 Å². The van der Waals surface area contributed by atoms with Crippen molar-refractivity contribution in [3.05, 3.63) is 70.0 Å². The number of carbonyl (C=O) groups excluding carboxylic acids is 1. The minimum Gasteiger partial charge on any atom is -0.326 e. The maximum absolute atomic E-state index is 12.0. The van der Waals surface area contributed by atoms with Crippen LogP contribution in [-0.2, 0) is 11.3 Å². The number of hydrogen-bond acceptors (Lipinski definition) is 3. The van der Waals surface area contributed by atoms with Gasteiger partial charge in [-0.1, -0.05) is 23.7 Å². The van der Waals surface area contributed by atoms with Gasteiger partial charge in [0.25, 0.3) is 0 Å². The summed E-state index contributed by atoms with van der Waals surface area (Å²) in [4.78, 5) is 23.8. The van der Waals surface area contributed by atoms with Crippen molar-refractivity contribution < 1.29 is 4.79 Å². The second-order valence-electron chi connectivity index (χ2n) is 5.05. The number of benzene rings is 2. The van der Waals surface area contributed by atoms with Crippen molar-refractivity contribution in [2.45, 2.75) is 13.0 Å². The van der Waals surface area contributed by atoms with Crippen LogP contribution in [0.2, 0.25) is 5.02 Å². The number of halogens is 1. The summed E-state index contributed by atoms with van der Waals surface area (Å²) in [7, 11) is 0. The number of carbonyl (C=O) groups is 1. The van der Waals surface area contributed by atoms with Crippen LogP contribution in [0.5, 0.6) is 0 Å². The van der Waals surface area contributed by atoms with Gasteiger partial charge >= 0.3 is 0 Å². The van der Waals surface area contributed by atoms with Crippen molar-refractivity contribution in [2.75, 3.05) is 5.32 Å². The average molecular weight is 328 g/mol. The molecule has 0 radical (unpaired) electrons. The van der Waals surface area contributed by atoms with Gasteiger partial charge in [0.2, 0.25) is 11.3 Å². The minimum atomic E-state index is -0.128. The lowest BCUT2D eigenvalue weighted by Crippen LogP contribution is -2.17. The van der Waals surface area contributed by atoms with Crippen molar-refractivity contribution in [1.29, 1.82) is 0 Å². The molecule has 3 rings (SSSR count). The Labute approximate surface area is 137 Å². The Morgan fingerprint density at radius 2 is 1.87 bits per heavy atom. The summed E-state index contributed by atoms with van der Waals surface area (Å²) >= 11 is 5.81. The Morgan fingerprint density at radius 3 is 2.65 bits per heavy atom. The first-order chi connectivity index (χ1) is 11.1. The Bertz CT molecular complexity index is 904. The predicted octanol–water partition coefficient (Wildman–Crippen LogP) is 3.08. The Morgan fingerprint density at radius 1 is 1.13 bits per heavy atom. The highest BCUT2D eigenvalue weighted by Gasteiger charge is 2.07. The summed E-state index contributed by atoms with van der Waals surface area (Å²) in [6, 6.07) is 14.1. The Hall–Kier alpha value is -2.66. The molecule has 0 unspecified atom stereocenters. The number of anilines is 1. The lowest BCUT2D eigenvalue weighted by Gasteiger charge is -2.09. The van der Waals surface area contributed by atoms with Crippen molar-refractivity contribution >= 4 is 34.1 Å². The van der Waals surface area contributed by atoms with E-state index in [2.05, 4.69) is 10.4 Å². The van der Waals surface area contributed by atoms with Gasteiger partial charge in [-0.25, -0.2) is 0 Å². The van der Waals surface area contributed by atoms with Crippen molar-refractivity contribution in [1.82, 2.24) is 9.78 Å². The predicted molar refractivity (Wildman–Crippen MR) is 90.7 cm³/mol. The van der Waals surface area contributed by atoms with Crippen molar-refractivity contribution in [3.8, 4) is 0 Å². The van der Waals surface area contributed by atoms with Crippen LogP contribution >= 0.6 is 11.6 Å². The van der Waals surface area contributed by atoms with Gasteiger partial charge in [0.05, 0.1) is 18.3 Å². The minimum absolute atomic E-state index is 0.123. The molecular formula is C17H14ClN3O2. The van der Waals surface area contributed by atoms with Crippen LogP contribution in [0.25, 0.3) is 10.9 Å². The van der Waals surface area contributed by atoms with E-state index < -0.39 is 0 Å². The van der Waals surface area contributed by atoms with Gasteiger partial charge in [-0.15, -0.1) is 0 Å². The van der Waals surface area contributed by atoms with Crippen LogP contribution in [-0.4, -0.2) is 15.7 Å².